The Morgan fingerprint density at radius 1 is 1.10 bits per heavy atom. The molecular weight excluding hydrogens is 394 g/mol. The molecule has 1 aliphatic heterocycles. The van der Waals surface area contributed by atoms with Gasteiger partial charge in [0.05, 0.1) is 26.5 Å². The van der Waals surface area contributed by atoms with Gasteiger partial charge in [-0.3, -0.25) is 14.9 Å². The van der Waals surface area contributed by atoms with Crippen LogP contribution in [0.25, 0.3) is 0 Å². The van der Waals surface area contributed by atoms with Crippen molar-refractivity contribution in [1.82, 2.24) is 15.2 Å². The normalized spacial score (nSPS) is 13.5. The number of hydrazone groups is 1. The third-order valence-electron chi connectivity index (χ3n) is 5.13. The summed E-state index contributed by atoms with van der Waals surface area (Å²) in [6.07, 6.45) is 3.50. The number of ether oxygens (including phenoxy) is 2. The third-order valence-corrected chi connectivity index (χ3v) is 5.13. The lowest BCUT2D eigenvalue weighted by Gasteiger charge is -2.26. The van der Waals surface area contributed by atoms with Crippen LogP contribution in [-0.2, 0) is 6.54 Å². The minimum absolute atomic E-state index is 0.217. The highest BCUT2D eigenvalue weighted by Gasteiger charge is 2.16. The van der Waals surface area contributed by atoms with E-state index in [1.54, 1.807) is 26.5 Å². The minimum atomic E-state index is -0.217. The molecule has 0 saturated carbocycles. The third kappa shape index (κ3) is 4.85. The van der Waals surface area contributed by atoms with Crippen LogP contribution in [0.4, 0.5) is 5.69 Å². The Morgan fingerprint density at radius 3 is 2.61 bits per heavy atom. The Hall–Kier alpha value is -3.81. The van der Waals surface area contributed by atoms with Crippen LogP contribution in [-0.4, -0.2) is 47.6 Å². The fourth-order valence-corrected chi connectivity index (χ4v) is 3.52. The maximum Gasteiger partial charge on any atom is 0.273 e. The SMILES string of the molecule is COc1ccc(C2=NN(Cc3ccc(NC(=O)c4ccn[nH]4)cc3)CCC2)cc1OC. The fourth-order valence-electron chi connectivity index (χ4n) is 3.52. The molecule has 2 aromatic carbocycles. The van der Waals surface area contributed by atoms with Gasteiger partial charge < -0.3 is 14.8 Å². The van der Waals surface area contributed by atoms with E-state index < -0.39 is 0 Å². The van der Waals surface area contributed by atoms with Crippen LogP contribution < -0.4 is 14.8 Å². The summed E-state index contributed by atoms with van der Waals surface area (Å²) >= 11 is 0. The Balaban J connectivity index is 1.42. The molecule has 2 N–H and O–H groups in total. The number of anilines is 1. The molecule has 160 valence electrons. The van der Waals surface area contributed by atoms with E-state index in [9.17, 15) is 4.79 Å². The van der Waals surface area contributed by atoms with Crippen molar-refractivity contribution < 1.29 is 14.3 Å². The first-order chi connectivity index (χ1) is 15.2. The number of hydrogen-bond donors (Lipinski definition) is 2. The van der Waals surface area contributed by atoms with Gasteiger partial charge in [0.25, 0.3) is 5.91 Å². The van der Waals surface area contributed by atoms with Gasteiger partial charge in [-0.2, -0.15) is 10.2 Å². The van der Waals surface area contributed by atoms with E-state index in [2.05, 4.69) is 20.5 Å². The number of benzene rings is 2. The molecule has 8 nitrogen and oxygen atoms in total. The fraction of sp³-hybridized carbons (Fsp3) is 0.261. The summed E-state index contributed by atoms with van der Waals surface area (Å²) < 4.78 is 10.8. The molecule has 0 spiro atoms. The monoisotopic (exact) mass is 419 g/mol. The molecule has 0 bridgehead atoms. The molecule has 0 unspecified atom stereocenters. The van der Waals surface area contributed by atoms with Crippen molar-refractivity contribution in [2.24, 2.45) is 5.10 Å². The second-order valence-electron chi connectivity index (χ2n) is 7.23. The molecule has 0 aliphatic carbocycles. The Labute approximate surface area is 180 Å². The van der Waals surface area contributed by atoms with E-state index in [0.717, 1.165) is 41.9 Å². The number of methoxy groups -OCH3 is 2. The number of nitrogens with one attached hydrogen (secondary N) is 2. The second kappa shape index (κ2) is 9.34. The first kappa shape index (κ1) is 20.5. The molecule has 0 saturated heterocycles. The molecule has 0 radical (unpaired) electrons. The van der Waals surface area contributed by atoms with Gasteiger partial charge in [0.2, 0.25) is 0 Å². The maximum absolute atomic E-state index is 12.1. The summed E-state index contributed by atoms with van der Waals surface area (Å²) in [7, 11) is 3.27. The molecule has 3 aromatic rings. The summed E-state index contributed by atoms with van der Waals surface area (Å²) in [6, 6.07) is 15.3. The van der Waals surface area contributed by atoms with Gasteiger partial charge in [0, 0.05) is 24.0 Å². The molecule has 1 aromatic heterocycles. The zero-order chi connectivity index (χ0) is 21.6. The van der Waals surface area contributed by atoms with E-state index in [-0.39, 0.29) is 5.91 Å². The lowest BCUT2D eigenvalue weighted by Crippen LogP contribution is -2.26. The summed E-state index contributed by atoms with van der Waals surface area (Å²) in [5.74, 6) is 1.19. The van der Waals surface area contributed by atoms with Gasteiger partial charge in [-0.15, -0.1) is 0 Å². The van der Waals surface area contributed by atoms with Crippen molar-refractivity contribution >= 4 is 17.3 Å². The molecule has 4 rings (SSSR count). The molecule has 31 heavy (non-hydrogen) atoms. The predicted octanol–water partition coefficient (Wildman–Crippen LogP) is 3.68. The van der Waals surface area contributed by atoms with Gasteiger partial charge in [-0.25, -0.2) is 0 Å². The number of amides is 1. The number of hydrogen-bond acceptors (Lipinski definition) is 6. The van der Waals surface area contributed by atoms with Crippen LogP contribution in [0.15, 0.2) is 59.8 Å². The predicted molar refractivity (Wildman–Crippen MR) is 119 cm³/mol. The van der Waals surface area contributed by atoms with Crippen molar-refractivity contribution in [3.05, 3.63) is 71.5 Å². The molecule has 1 amide bonds. The number of aromatic nitrogens is 2. The quantitative estimate of drug-likeness (QED) is 0.610. The standard InChI is InChI=1S/C23H25N5O3/c1-30-21-10-7-17(14-22(21)31-2)19-4-3-13-28(27-19)15-16-5-8-18(9-6-16)25-23(29)20-11-12-24-26-20/h5-12,14H,3-4,13,15H2,1-2H3,(H,24,26)(H,25,29). The smallest absolute Gasteiger partial charge is 0.273 e. The van der Waals surface area contributed by atoms with Crippen molar-refractivity contribution in [2.45, 2.75) is 19.4 Å². The van der Waals surface area contributed by atoms with E-state index in [1.807, 2.05) is 42.5 Å². The van der Waals surface area contributed by atoms with E-state index in [4.69, 9.17) is 14.6 Å². The highest BCUT2D eigenvalue weighted by Crippen LogP contribution is 2.29. The van der Waals surface area contributed by atoms with Crippen molar-refractivity contribution in [3.63, 3.8) is 0 Å². The lowest BCUT2D eigenvalue weighted by atomic mass is 10.0. The molecular formula is C23H25N5O3. The lowest BCUT2D eigenvalue weighted by molar-refractivity contribution is 0.102. The molecule has 0 atom stereocenters. The van der Waals surface area contributed by atoms with Crippen LogP contribution >= 0.6 is 0 Å². The Kier molecular flexibility index (Phi) is 6.16. The highest BCUT2D eigenvalue weighted by atomic mass is 16.5. The number of rotatable bonds is 7. The highest BCUT2D eigenvalue weighted by molar-refractivity contribution is 6.02. The van der Waals surface area contributed by atoms with Crippen LogP contribution in [0.5, 0.6) is 11.5 Å². The van der Waals surface area contributed by atoms with E-state index in [0.29, 0.717) is 23.7 Å². The van der Waals surface area contributed by atoms with Crippen molar-refractivity contribution in [3.8, 4) is 11.5 Å². The first-order valence-electron chi connectivity index (χ1n) is 10.1. The number of nitrogens with zero attached hydrogens (tertiary/aromatic N) is 3. The largest absolute Gasteiger partial charge is 0.493 e. The van der Waals surface area contributed by atoms with Gasteiger partial charge in [0.15, 0.2) is 11.5 Å². The number of carbonyl (C=O) groups excluding carboxylic acids is 1. The van der Waals surface area contributed by atoms with Crippen LogP contribution in [0.3, 0.4) is 0 Å². The Morgan fingerprint density at radius 2 is 1.90 bits per heavy atom. The van der Waals surface area contributed by atoms with Crippen molar-refractivity contribution in [2.75, 3.05) is 26.1 Å². The van der Waals surface area contributed by atoms with Crippen LogP contribution in [0, 0.1) is 0 Å². The number of H-pyrrole nitrogens is 1. The van der Waals surface area contributed by atoms with E-state index >= 15 is 0 Å². The van der Waals surface area contributed by atoms with Gasteiger partial charge in [0.1, 0.15) is 5.69 Å². The summed E-state index contributed by atoms with van der Waals surface area (Å²) in [4.78, 5) is 12.1. The van der Waals surface area contributed by atoms with Gasteiger partial charge in [-0.1, -0.05) is 12.1 Å². The number of aromatic amines is 1. The molecule has 0 fully saturated rings. The average molecular weight is 419 g/mol. The van der Waals surface area contributed by atoms with Crippen LogP contribution in [0.2, 0.25) is 0 Å². The first-order valence-corrected chi connectivity index (χ1v) is 10.1. The molecule has 8 heteroatoms. The van der Waals surface area contributed by atoms with E-state index in [1.165, 1.54) is 0 Å². The zero-order valence-electron chi connectivity index (χ0n) is 17.6. The zero-order valence-corrected chi connectivity index (χ0v) is 17.6. The number of carbonyl (C=O) groups is 1. The summed E-state index contributed by atoms with van der Waals surface area (Å²) in [5.41, 5.74) is 4.36. The second-order valence-corrected chi connectivity index (χ2v) is 7.23. The van der Waals surface area contributed by atoms with Gasteiger partial charge >= 0.3 is 0 Å². The average Bonchev–Trinajstić information content (AvgIpc) is 3.35. The Bertz CT molecular complexity index is 1060. The minimum Gasteiger partial charge on any atom is -0.493 e. The summed E-state index contributed by atoms with van der Waals surface area (Å²) in [5, 5.41) is 16.2. The molecule has 2 heterocycles. The molecule has 1 aliphatic rings. The topological polar surface area (TPSA) is 91.8 Å². The van der Waals surface area contributed by atoms with Gasteiger partial charge in [-0.05, 0) is 54.8 Å². The maximum atomic E-state index is 12.1. The van der Waals surface area contributed by atoms with Crippen LogP contribution in [0.1, 0.15) is 34.5 Å². The van der Waals surface area contributed by atoms with Crippen molar-refractivity contribution in [1.29, 1.82) is 0 Å². The summed E-state index contributed by atoms with van der Waals surface area (Å²) in [6.45, 7) is 1.60.